The SMILES string of the molecule is CC(C)(C)c1ccn2c(C(=O)O)nnc2n1. The van der Waals surface area contributed by atoms with Crippen molar-refractivity contribution < 1.29 is 9.90 Å². The maximum Gasteiger partial charge on any atom is 0.374 e. The molecule has 0 bridgehead atoms. The molecule has 1 N–H and O–H groups in total. The van der Waals surface area contributed by atoms with Gasteiger partial charge >= 0.3 is 5.97 Å². The first-order chi connectivity index (χ1) is 7.39. The van der Waals surface area contributed by atoms with Gasteiger partial charge in [-0.1, -0.05) is 20.8 Å². The maximum absolute atomic E-state index is 10.8. The molecule has 0 aromatic carbocycles. The van der Waals surface area contributed by atoms with Gasteiger partial charge in [0.15, 0.2) is 0 Å². The molecule has 6 heteroatoms. The fraction of sp³-hybridized carbons (Fsp3) is 0.400. The number of fused-ring (bicyclic) bond motifs is 1. The number of hydrogen-bond acceptors (Lipinski definition) is 4. The van der Waals surface area contributed by atoms with Crippen molar-refractivity contribution >= 4 is 11.7 Å². The van der Waals surface area contributed by atoms with Crippen LogP contribution in [0.1, 0.15) is 37.1 Å². The molecule has 2 aromatic rings. The number of carbonyl (C=O) groups is 1. The maximum atomic E-state index is 10.8. The highest BCUT2D eigenvalue weighted by Gasteiger charge is 2.18. The van der Waals surface area contributed by atoms with Crippen LogP contribution in [0.25, 0.3) is 5.78 Å². The Bertz CT molecular complexity index is 553. The molecule has 16 heavy (non-hydrogen) atoms. The molecule has 0 amide bonds. The number of carboxylic acids is 1. The van der Waals surface area contributed by atoms with E-state index in [2.05, 4.69) is 15.2 Å². The van der Waals surface area contributed by atoms with Crippen LogP contribution in [0.2, 0.25) is 0 Å². The summed E-state index contributed by atoms with van der Waals surface area (Å²) < 4.78 is 1.36. The van der Waals surface area contributed by atoms with Crippen LogP contribution in [0.3, 0.4) is 0 Å². The van der Waals surface area contributed by atoms with E-state index in [4.69, 9.17) is 5.11 Å². The normalized spacial score (nSPS) is 11.9. The predicted octanol–water partition coefficient (Wildman–Crippen LogP) is 1.12. The first-order valence-electron chi connectivity index (χ1n) is 4.85. The second-order valence-electron chi connectivity index (χ2n) is 4.56. The van der Waals surface area contributed by atoms with Crippen LogP contribution in [-0.2, 0) is 5.41 Å². The van der Waals surface area contributed by atoms with Crippen molar-refractivity contribution in [1.29, 1.82) is 0 Å². The van der Waals surface area contributed by atoms with E-state index in [9.17, 15) is 4.79 Å². The molecule has 0 radical (unpaired) electrons. The van der Waals surface area contributed by atoms with Gasteiger partial charge in [-0.05, 0) is 6.07 Å². The van der Waals surface area contributed by atoms with Crippen molar-refractivity contribution in [1.82, 2.24) is 19.6 Å². The van der Waals surface area contributed by atoms with E-state index >= 15 is 0 Å². The number of carboxylic acid groups (broad SMARTS) is 1. The van der Waals surface area contributed by atoms with Crippen molar-refractivity contribution in [2.24, 2.45) is 0 Å². The van der Waals surface area contributed by atoms with E-state index in [0.717, 1.165) is 5.69 Å². The third-order valence-electron chi connectivity index (χ3n) is 2.24. The molecule has 2 heterocycles. The van der Waals surface area contributed by atoms with E-state index in [-0.39, 0.29) is 11.2 Å². The summed E-state index contributed by atoms with van der Waals surface area (Å²) in [6.45, 7) is 6.08. The standard InChI is InChI=1S/C10H12N4O2/c1-10(2,3)6-4-5-14-7(8(15)16)12-13-9(14)11-6/h4-5H,1-3H3,(H,15,16). The molecule has 0 spiro atoms. The van der Waals surface area contributed by atoms with Crippen LogP contribution in [0, 0.1) is 0 Å². The first kappa shape index (κ1) is 10.5. The minimum atomic E-state index is -1.11. The molecule has 0 fully saturated rings. The highest BCUT2D eigenvalue weighted by Crippen LogP contribution is 2.19. The molecule has 0 aliphatic heterocycles. The molecule has 6 nitrogen and oxygen atoms in total. The molecular formula is C10H12N4O2. The molecule has 2 aromatic heterocycles. The smallest absolute Gasteiger partial charge is 0.374 e. The molecule has 0 unspecified atom stereocenters. The van der Waals surface area contributed by atoms with Gasteiger partial charge in [0.2, 0.25) is 5.82 Å². The van der Waals surface area contributed by atoms with Crippen molar-refractivity contribution in [2.45, 2.75) is 26.2 Å². The quantitative estimate of drug-likeness (QED) is 0.778. The lowest BCUT2D eigenvalue weighted by Crippen LogP contribution is -2.14. The van der Waals surface area contributed by atoms with Gasteiger partial charge < -0.3 is 5.11 Å². The Labute approximate surface area is 92.0 Å². The summed E-state index contributed by atoms with van der Waals surface area (Å²) in [5, 5.41) is 16.2. The largest absolute Gasteiger partial charge is 0.475 e. The second-order valence-corrected chi connectivity index (χ2v) is 4.56. The summed E-state index contributed by atoms with van der Waals surface area (Å²) in [6.07, 6.45) is 1.63. The third-order valence-corrected chi connectivity index (χ3v) is 2.24. The molecule has 84 valence electrons. The third kappa shape index (κ3) is 1.62. The molecule has 0 saturated heterocycles. The number of nitrogens with zero attached hydrogens (tertiary/aromatic N) is 4. The fourth-order valence-corrected chi connectivity index (χ4v) is 1.35. The Morgan fingerprint density at radius 2 is 2.06 bits per heavy atom. The fourth-order valence-electron chi connectivity index (χ4n) is 1.35. The highest BCUT2D eigenvalue weighted by molar-refractivity contribution is 5.84. The molecule has 0 aliphatic rings. The van der Waals surface area contributed by atoms with Gasteiger partial charge in [0.25, 0.3) is 5.78 Å². The Kier molecular flexibility index (Phi) is 2.15. The van der Waals surface area contributed by atoms with Gasteiger partial charge in [-0.3, -0.25) is 4.40 Å². The Morgan fingerprint density at radius 1 is 1.38 bits per heavy atom. The number of aromatic nitrogens is 4. The van der Waals surface area contributed by atoms with Crippen molar-refractivity contribution in [3.05, 3.63) is 23.8 Å². The minimum Gasteiger partial charge on any atom is -0.475 e. The molecule has 0 saturated carbocycles. The highest BCUT2D eigenvalue weighted by atomic mass is 16.4. The van der Waals surface area contributed by atoms with Crippen molar-refractivity contribution in [3.8, 4) is 0 Å². The van der Waals surface area contributed by atoms with Crippen LogP contribution in [-0.4, -0.2) is 30.7 Å². The molecule has 2 rings (SSSR count). The van der Waals surface area contributed by atoms with Gasteiger partial charge in [0, 0.05) is 11.6 Å². The second kappa shape index (κ2) is 3.26. The summed E-state index contributed by atoms with van der Waals surface area (Å²) >= 11 is 0. The zero-order valence-corrected chi connectivity index (χ0v) is 9.30. The van der Waals surface area contributed by atoms with Crippen LogP contribution in [0.5, 0.6) is 0 Å². The van der Waals surface area contributed by atoms with Crippen molar-refractivity contribution in [2.75, 3.05) is 0 Å². The van der Waals surface area contributed by atoms with E-state index in [1.165, 1.54) is 4.40 Å². The number of hydrogen-bond donors (Lipinski definition) is 1. The zero-order valence-electron chi connectivity index (χ0n) is 9.30. The lowest BCUT2D eigenvalue weighted by atomic mass is 9.92. The summed E-state index contributed by atoms with van der Waals surface area (Å²) in [6, 6.07) is 1.78. The summed E-state index contributed by atoms with van der Waals surface area (Å²) in [4.78, 5) is 15.1. The predicted molar refractivity (Wildman–Crippen MR) is 56.4 cm³/mol. The first-order valence-corrected chi connectivity index (χ1v) is 4.85. The van der Waals surface area contributed by atoms with Gasteiger partial charge in [0.1, 0.15) is 0 Å². The van der Waals surface area contributed by atoms with Crippen LogP contribution in [0.4, 0.5) is 0 Å². The van der Waals surface area contributed by atoms with E-state index in [1.807, 2.05) is 20.8 Å². The average Bonchev–Trinajstić information content (AvgIpc) is 2.58. The Morgan fingerprint density at radius 3 is 2.62 bits per heavy atom. The van der Waals surface area contributed by atoms with Gasteiger partial charge in [-0.25, -0.2) is 9.78 Å². The average molecular weight is 220 g/mol. The molecular weight excluding hydrogens is 208 g/mol. The lowest BCUT2D eigenvalue weighted by molar-refractivity contribution is 0.0682. The summed E-state index contributed by atoms with van der Waals surface area (Å²) in [7, 11) is 0. The number of rotatable bonds is 1. The van der Waals surface area contributed by atoms with Crippen molar-refractivity contribution in [3.63, 3.8) is 0 Å². The minimum absolute atomic E-state index is 0.100. The topological polar surface area (TPSA) is 80.4 Å². The van der Waals surface area contributed by atoms with Gasteiger partial charge in [-0.15, -0.1) is 10.2 Å². The summed E-state index contributed by atoms with van der Waals surface area (Å²) in [5.74, 6) is -0.925. The van der Waals surface area contributed by atoms with E-state index in [1.54, 1.807) is 12.3 Å². The van der Waals surface area contributed by atoms with E-state index < -0.39 is 5.97 Å². The molecule has 0 aliphatic carbocycles. The zero-order chi connectivity index (χ0) is 11.9. The van der Waals surface area contributed by atoms with E-state index in [0.29, 0.717) is 5.78 Å². The van der Waals surface area contributed by atoms with Crippen LogP contribution >= 0.6 is 0 Å². The summed E-state index contributed by atoms with van der Waals surface area (Å²) in [5.41, 5.74) is 0.751. The van der Waals surface area contributed by atoms with Gasteiger partial charge in [0.05, 0.1) is 5.69 Å². The van der Waals surface area contributed by atoms with Crippen LogP contribution in [0.15, 0.2) is 12.3 Å². The van der Waals surface area contributed by atoms with Gasteiger partial charge in [-0.2, -0.15) is 0 Å². The van der Waals surface area contributed by atoms with Crippen LogP contribution < -0.4 is 0 Å². The molecule has 0 atom stereocenters. The Hall–Kier alpha value is -1.98. The monoisotopic (exact) mass is 220 g/mol. The number of aromatic carboxylic acids is 1. The lowest BCUT2D eigenvalue weighted by Gasteiger charge is -2.16. The Balaban J connectivity index is 2.62.